The normalized spacial score (nSPS) is 12.8. The Labute approximate surface area is 294 Å². The Hall–Kier alpha value is -6.18. The first-order valence-electron chi connectivity index (χ1n) is 17.4. The SMILES string of the molecule is CC1(C)c2ccccc2-c2cccc(N(c3cccc(-c4ccc5ccccc5c4)c3)c3ccccc3-c3ccc(-c4ccccc4)cc3)c21. The van der Waals surface area contributed by atoms with Crippen LogP contribution in [0, 0.1) is 0 Å². The highest BCUT2D eigenvalue weighted by atomic mass is 15.1. The van der Waals surface area contributed by atoms with E-state index in [4.69, 9.17) is 0 Å². The van der Waals surface area contributed by atoms with E-state index in [1.54, 1.807) is 0 Å². The smallest absolute Gasteiger partial charge is 0.0540 e. The van der Waals surface area contributed by atoms with E-state index in [1.807, 2.05) is 0 Å². The molecule has 0 saturated heterocycles. The fourth-order valence-electron chi connectivity index (χ4n) is 7.99. The fourth-order valence-corrected chi connectivity index (χ4v) is 7.99. The Balaban J connectivity index is 1.25. The predicted octanol–water partition coefficient (Wildman–Crippen LogP) is 13.6. The van der Waals surface area contributed by atoms with E-state index in [0.29, 0.717) is 0 Å². The number of hydrogen-bond acceptors (Lipinski definition) is 1. The third-order valence-electron chi connectivity index (χ3n) is 10.4. The van der Waals surface area contributed by atoms with Gasteiger partial charge in [-0.3, -0.25) is 0 Å². The number of benzene rings is 8. The average Bonchev–Trinajstić information content (AvgIpc) is 3.42. The summed E-state index contributed by atoms with van der Waals surface area (Å²) in [5.41, 5.74) is 15.9. The summed E-state index contributed by atoms with van der Waals surface area (Å²) in [4.78, 5) is 2.50. The molecule has 0 fully saturated rings. The van der Waals surface area contributed by atoms with Crippen molar-refractivity contribution in [3.63, 3.8) is 0 Å². The van der Waals surface area contributed by atoms with Crippen molar-refractivity contribution >= 4 is 27.8 Å². The number of fused-ring (bicyclic) bond motifs is 4. The highest BCUT2D eigenvalue weighted by molar-refractivity contribution is 5.95. The fraction of sp³-hybridized carbons (Fsp3) is 0.0612. The Morgan fingerprint density at radius 3 is 1.76 bits per heavy atom. The number of rotatable bonds is 6. The van der Waals surface area contributed by atoms with Crippen LogP contribution in [-0.4, -0.2) is 0 Å². The highest BCUT2D eigenvalue weighted by Gasteiger charge is 2.39. The van der Waals surface area contributed by atoms with E-state index in [2.05, 4.69) is 207 Å². The molecule has 0 aliphatic heterocycles. The summed E-state index contributed by atoms with van der Waals surface area (Å²) in [5.74, 6) is 0. The predicted molar refractivity (Wildman–Crippen MR) is 213 cm³/mol. The molecule has 50 heavy (non-hydrogen) atoms. The van der Waals surface area contributed by atoms with Crippen LogP contribution in [-0.2, 0) is 5.41 Å². The highest BCUT2D eigenvalue weighted by Crippen LogP contribution is 2.55. The number of para-hydroxylation sites is 1. The van der Waals surface area contributed by atoms with Crippen LogP contribution >= 0.6 is 0 Å². The molecule has 0 spiro atoms. The molecule has 0 saturated carbocycles. The van der Waals surface area contributed by atoms with Gasteiger partial charge in [-0.05, 0) is 91.2 Å². The van der Waals surface area contributed by atoms with Gasteiger partial charge in [0.25, 0.3) is 0 Å². The minimum Gasteiger partial charge on any atom is -0.310 e. The van der Waals surface area contributed by atoms with Crippen molar-refractivity contribution < 1.29 is 0 Å². The molecule has 1 aliphatic rings. The van der Waals surface area contributed by atoms with Crippen LogP contribution in [0.4, 0.5) is 17.1 Å². The molecule has 1 heteroatoms. The summed E-state index contributed by atoms with van der Waals surface area (Å²) < 4.78 is 0. The summed E-state index contributed by atoms with van der Waals surface area (Å²) in [6.07, 6.45) is 0. The van der Waals surface area contributed by atoms with Crippen molar-refractivity contribution in [1.82, 2.24) is 0 Å². The lowest BCUT2D eigenvalue weighted by Gasteiger charge is -2.33. The lowest BCUT2D eigenvalue weighted by Crippen LogP contribution is -2.21. The van der Waals surface area contributed by atoms with E-state index in [9.17, 15) is 0 Å². The first-order chi connectivity index (χ1) is 24.6. The molecular formula is C49H37N. The Kier molecular flexibility index (Phi) is 7.21. The van der Waals surface area contributed by atoms with Crippen LogP contribution in [0.25, 0.3) is 55.3 Å². The maximum absolute atomic E-state index is 2.50. The van der Waals surface area contributed by atoms with E-state index in [-0.39, 0.29) is 5.41 Å². The first kappa shape index (κ1) is 29.9. The average molecular weight is 640 g/mol. The van der Waals surface area contributed by atoms with E-state index in [1.165, 1.54) is 72.1 Å². The van der Waals surface area contributed by atoms with Crippen molar-refractivity contribution in [1.29, 1.82) is 0 Å². The van der Waals surface area contributed by atoms with Crippen LogP contribution in [0.15, 0.2) is 188 Å². The minimum atomic E-state index is -0.178. The van der Waals surface area contributed by atoms with Gasteiger partial charge in [0.1, 0.15) is 0 Å². The molecule has 0 atom stereocenters. The molecule has 1 aliphatic carbocycles. The third-order valence-corrected chi connectivity index (χ3v) is 10.4. The molecule has 0 radical (unpaired) electrons. The summed E-state index contributed by atoms with van der Waals surface area (Å²) >= 11 is 0. The monoisotopic (exact) mass is 639 g/mol. The second kappa shape index (κ2) is 12.1. The number of nitrogens with zero attached hydrogens (tertiary/aromatic N) is 1. The summed E-state index contributed by atoms with van der Waals surface area (Å²) in [5, 5.41) is 2.50. The van der Waals surface area contributed by atoms with Gasteiger partial charge in [-0.15, -0.1) is 0 Å². The molecule has 238 valence electrons. The van der Waals surface area contributed by atoms with Gasteiger partial charge in [0.2, 0.25) is 0 Å². The summed E-state index contributed by atoms with van der Waals surface area (Å²) in [6, 6.07) is 68.6. The van der Waals surface area contributed by atoms with Gasteiger partial charge in [0, 0.05) is 16.7 Å². The Morgan fingerprint density at radius 2 is 0.920 bits per heavy atom. The van der Waals surface area contributed by atoms with Gasteiger partial charge in [0.05, 0.1) is 11.4 Å². The van der Waals surface area contributed by atoms with Crippen LogP contribution in [0.1, 0.15) is 25.0 Å². The maximum atomic E-state index is 2.50. The maximum Gasteiger partial charge on any atom is 0.0540 e. The number of hydrogen-bond donors (Lipinski definition) is 0. The van der Waals surface area contributed by atoms with Gasteiger partial charge in [-0.2, -0.15) is 0 Å². The molecular weight excluding hydrogens is 603 g/mol. The minimum absolute atomic E-state index is 0.178. The first-order valence-corrected chi connectivity index (χ1v) is 17.4. The molecule has 0 bridgehead atoms. The van der Waals surface area contributed by atoms with Crippen LogP contribution in [0.5, 0.6) is 0 Å². The quantitative estimate of drug-likeness (QED) is 0.175. The van der Waals surface area contributed by atoms with Crippen molar-refractivity contribution in [3.8, 4) is 44.5 Å². The van der Waals surface area contributed by atoms with Gasteiger partial charge in [-0.1, -0.05) is 172 Å². The molecule has 8 aromatic carbocycles. The second-order valence-electron chi connectivity index (χ2n) is 13.8. The molecule has 9 rings (SSSR count). The zero-order chi connectivity index (χ0) is 33.7. The van der Waals surface area contributed by atoms with Gasteiger partial charge in [0.15, 0.2) is 0 Å². The Morgan fingerprint density at radius 1 is 0.360 bits per heavy atom. The largest absolute Gasteiger partial charge is 0.310 e. The van der Waals surface area contributed by atoms with E-state index < -0.39 is 0 Å². The molecule has 8 aromatic rings. The Bertz CT molecular complexity index is 2510. The second-order valence-corrected chi connectivity index (χ2v) is 13.8. The van der Waals surface area contributed by atoms with Crippen LogP contribution in [0.2, 0.25) is 0 Å². The van der Waals surface area contributed by atoms with Crippen molar-refractivity contribution in [3.05, 3.63) is 199 Å². The molecule has 0 heterocycles. The van der Waals surface area contributed by atoms with Crippen molar-refractivity contribution in [2.24, 2.45) is 0 Å². The zero-order valence-electron chi connectivity index (χ0n) is 28.3. The van der Waals surface area contributed by atoms with E-state index in [0.717, 1.165) is 11.4 Å². The molecule has 0 unspecified atom stereocenters. The standard InChI is InChI=1S/C49H37N/c1-49(2)45-23-10-8-21-43(45)44-22-13-25-47(48(44)49)50(41-19-12-18-39(33-41)40-31-28-35-16-6-7-17-38(35)32-40)46-24-11-9-20-42(46)37-29-26-36(27-30-37)34-14-4-3-5-15-34/h3-33H,1-2H3. The molecule has 0 N–H and O–H groups in total. The molecule has 0 aromatic heterocycles. The van der Waals surface area contributed by atoms with Gasteiger partial charge >= 0.3 is 0 Å². The number of anilines is 3. The summed E-state index contributed by atoms with van der Waals surface area (Å²) in [6.45, 7) is 4.75. The van der Waals surface area contributed by atoms with Crippen LogP contribution < -0.4 is 4.90 Å². The topological polar surface area (TPSA) is 3.24 Å². The third kappa shape index (κ3) is 5.02. The van der Waals surface area contributed by atoms with E-state index >= 15 is 0 Å². The van der Waals surface area contributed by atoms with Gasteiger partial charge < -0.3 is 4.90 Å². The van der Waals surface area contributed by atoms with Crippen LogP contribution in [0.3, 0.4) is 0 Å². The zero-order valence-corrected chi connectivity index (χ0v) is 28.3. The van der Waals surface area contributed by atoms with Crippen molar-refractivity contribution in [2.45, 2.75) is 19.3 Å². The van der Waals surface area contributed by atoms with Gasteiger partial charge in [-0.25, -0.2) is 0 Å². The molecule has 1 nitrogen and oxygen atoms in total. The molecule has 0 amide bonds. The lowest BCUT2D eigenvalue weighted by molar-refractivity contribution is 0.661. The van der Waals surface area contributed by atoms with Crippen molar-refractivity contribution in [2.75, 3.05) is 4.90 Å². The summed E-state index contributed by atoms with van der Waals surface area (Å²) in [7, 11) is 0. The lowest BCUT2D eigenvalue weighted by atomic mass is 9.81.